The van der Waals surface area contributed by atoms with Gasteiger partial charge in [-0.15, -0.1) is 10.2 Å². The summed E-state index contributed by atoms with van der Waals surface area (Å²) in [5.41, 5.74) is 0. The van der Waals surface area contributed by atoms with E-state index in [-0.39, 0.29) is 16.7 Å². The normalized spacial score (nSPS) is 11.3. The van der Waals surface area contributed by atoms with Crippen LogP contribution in [0.25, 0.3) is 0 Å². The maximum atomic E-state index is 11.3. The van der Waals surface area contributed by atoms with E-state index in [1.165, 1.54) is 12.1 Å². The minimum atomic E-state index is -3.29. The van der Waals surface area contributed by atoms with E-state index in [1.54, 1.807) is 6.92 Å². The predicted molar refractivity (Wildman–Crippen MR) is 54.7 cm³/mol. The lowest BCUT2D eigenvalue weighted by molar-refractivity contribution is 0.599. The van der Waals surface area contributed by atoms with Crippen molar-refractivity contribution >= 4 is 27.4 Å². The van der Waals surface area contributed by atoms with Crippen molar-refractivity contribution in [3.63, 3.8) is 0 Å². The van der Waals surface area contributed by atoms with Gasteiger partial charge in [-0.2, -0.15) is 0 Å². The van der Waals surface area contributed by atoms with Gasteiger partial charge in [0.05, 0.1) is 5.75 Å². The largest absolute Gasteiger partial charge is 0.266 e. The highest BCUT2D eigenvalue weighted by molar-refractivity contribution is 7.92. The molecule has 0 aliphatic rings. The fraction of sp³-hybridized carbons (Fsp3) is 0.429. The van der Waals surface area contributed by atoms with Crippen LogP contribution >= 0.6 is 11.6 Å². The third-order valence-electron chi connectivity index (χ3n) is 1.36. The molecule has 0 atom stereocenters. The van der Waals surface area contributed by atoms with Crippen LogP contribution in [0.2, 0.25) is 5.15 Å². The topological polar surface area (TPSA) is 72.0 Å². The molecule has 0 spiro atoms. The van der Waals surface area contributed by atoms with Crippen molar-refractivity contribution in [2.24, 2.45) is 0 Å². The fourth-order valence-electron chi connectivity index (χ4n) is 0.850. The van der Waals surface area contributed by atoms with Gasteiger partial charge in [0, 0.05) is 0 Å². The van der Waals surface area contributed by atoms with E-state index in [0.717, 1.165) is 0 Å². The van der Waals surface area contributed by atoms with Gasteiger partial charge in [0.2, 0.25) is 10.0 Å². The summed E-state index contributed by atoms with van der Waals surface area (Å²) < 4.78 is 24.8. The first-order valence-electron chi connectivity index (χ1n) is 4.03. The van der Waals surface area contributed by atoms with E-state index in [4.69, 9.17) is 11.6 Å². The lowest BCUT2D eigenvalue weighted by atomic mass is 10.5. The Hall–Kier alpha value is -0.880. The summed E-state index contributed by atoms with van der Waals surface area (Å²) in [5.74, 6) is 0.250. The number of anilines is 1. The van der Waals surface area contributed by atoms with Crippen molar-refractivity contribution in [1.82, 2.24) is 10.2 Å². The first kappa shape index (κ1) is 11.2. The SMILES string of the molecule is CCCS(=O)(=O)Nc1ccc(Cl)nn1. The molecule has 78 valence electrons. The molecule has 0 aromatic carbocycles. The summed E-state index contributed by atoms with van der Waals surface area (Å²) in [4.78, 5) is 0. The number of aromatic nitrogens is 2. The summed E-state index contributed by atoms with van der Waals surface area (Å²) in [6.45, 7) is 1.78. The van der Waals surface area contributed by atoms with Crippen LogP contribution in [0, 0.1) is 0 Å². The van der Waals surface area contributed by atoms with Crippen molar-refractivity contribution in [3.8, 4) is 0 Å². The van der Waals surface area contributed by atoms with E-state index in [9.17, 15) is 8.42 Å². The highest BCUT2D eigenvalue weighted by Gasteiger charge is 2.09. The molecule has 1 rings (SSSR count). The van der Waals surface area contributed by atoms with E-state index >= 15 is 0 Å². The third-order valence-corrected chi connectivity index (χ3v) is 3.03. The molecule has 1 aromatic heterocycles. The summed E-state index contributed by atoms with van der Waals surface area (Å²) in [5, 5.41) is 7.31. The molecule has 7 heteroatoms. The average Bonchev–Trinajstić information content (AvgIpc) is 2.08. The summed E-state index contributed by atoms with van der Waals surface area (Å²) in [7, 11) is -3.29. The summed E-state index contributed by atoms with van der Waals surface area (Å²) >= 11 is 5.49. The van der Waals surface area contributed by atoms with Gasteiger partial charge in [-0.25, -0.2) is 8.42 Å². The second-order valence-corrected chi connectivity index (χ2v) is 4.89. The van der Waals surface area contributed by atoms with Crippen LogP contribution in [0.5, 0.6) is 0 Å². The molecule has 0 amide bonds. The van der Waals surface area contributed by atoms with Crippen molar-refractivity contribution < 1.29 is 8.42 Å². The Morgan fingerprint density at radius 3 is 2.64 bits per heavy atom. The first-order valence-corrected chi connectivity index (χ1v) is 6.06. The standard InChI is InChI=1S/C7H10ClN3O2S/c1-2-5-14(12,13)11-7-4-3-6(8)9-10-7/h3-4H,2,5H2,1H3,(H,10,11). The van der Waals surface area contributed by atoms with E-state index in [0.29, 0.717) is 6.42 Å². The quantitative estimate of drug-likeness (QED) is 0.854. The van der Waals surface area contributed by atoms with Gasteiger partial charge in [-0.05, 0) is 18.6 Å². The zero-order chi connectivity index (χ0) is 10.6. The maximum Gasteiger partial charge on any atom is 0.233 e. The Balaban J connectivity index is 2.74. The molecule has 14 heavy (non-hydrogen) atoms. The molecule has 0 saturated carbocycles. The van der Waals surface area contributed by atoms with Crippen molar-refractivity contribution in [2.75, 3.05) is 10.5 Å². The van der Waals surface area contributed by atoms with Gasteiger partial charge in [-0.3, -0.25) is 4.72 Å². The Kier molecular flexibility index (Phi) is 3.65. The minimum absolute atomic E-state index is 0.0668. The van der Waals surface area contributed by atoms with Gasteiger partial charge in [-0.1, -0.05) is 18.5 Å². The van der Waals surface area contributed by atoms with E-state index in [1.807, 2.05) is 0 Å². The molecule has 0 radical (unpaired) electrons. The van der Waals surface area contributed by atoms with E-state index in [2.05, 4.69) is 14.9 Å². The summed E-state index contributed by atoms with van der Waals surface area (Å²) in [6.07, 6.45) is 0.552. The number of halogens is 1. The Morgan fingerprint density at radius 1 is 1.43 bits per heavy atom. The van der Waals surface area contributed by atoms with Crippen molar-refractivity contribution in [2.45, 2.75) is 13.3 Å². The Labute approximate surface area is 87.5 Å². The second kappa shape index (κ2) is 4.56. The van der Waals surface area contributed by atoms with Crippen LogP contribution in [0.3, 0.4) is 0 Å². The number of hydrogen-bond acceptors (Lipinski definition) is 4. The lowest BCUT2D eigenvalue weighted by Gasteiger charge is -2.04. The highest BCUT2D eigenvalue weighted by Crippen LogP contribution is 2.08. The number of sulfonamides is 1. The highest BCUT2D eigenvalue weighted by atomic mass is 35.5. The van der Waals surface area contributed by atoms with Crippen molar-refractivity contribution in [1.29, 1.82) is 0 Å². The predicted octanol–water partition coefficient (Wildman–Crippen LogP) is 1.28. The molecular formula is C7H10ClN3O2S. The zero-order valence-electron chi connectivity index (χ0n) is 7.57. The Morgan fingerprint density at radius 2 is 2.14 bits per heavy atom. The van der Waals surface area contributed by atoms with Crippen molar-refractivity contribution in [3.05, 3.63) is 17.3 Å². The molecule has 0 aliphatic carbocycles. The molecule has 1 N–H and O–H groups in total. The molecule has 0 bridgehead atoms. The Bertz CT molecular complexity index is 390. The van der Waals surface area contributed by atoms with Gasteiger partial charge in [0.15, 0.2) is 11.0 Å². The maximum absolute atomic E-state index is 11.3. The molecular weight excluding hydrogens is 226 g/mol. The first-order chi connectivity index (χ1) is 6.53. The molecule has 1 heterocycles. The molecule has 0 unspecified atom stereocenters. The van der Waals surface area contributed by atoms with Crippen LogP contribution in [0.1, 0.15) is 13.3 Å². The molecule has 5 nitrogen and oxygen atoms in total. The van der Waals surface area contributed by atoms with Gasteiger partial charge < -0.3 is 0 Å². The number of hydrogen-bond donors (Lipinski definition) is 1. The van der Waals surface area contributed by atoms with Crippen LogP contribution in [-0.4, -0.2) is 24.4 Å². The van der Waals surface area contributed by atoms with Crippen LogP contribution < -0.4 is 4.72 Å². The average molecular weight is 236 g/mol. The monoisotopic (exact) mass is 235 g/mol. The zero-order valence-corrected chi connectivity index (χ0v) is 9.14. The lowest BCUT2D eigenvalue weighted by Crippen LogP contribution is -2.17. The second-order valence-electron chi connectivity index (χ2n) is 2.66. The number of rotatable bonds is 4. The van der Waals surface area contributed by atoms with Gasteiger partial charge in [0.1, 0.15) is 0 Å². The molecule has 0 fully saturated rings. The van der Waals surface area contributed by atoms with Crippen LogP contribution in [0.4, 0.5) is 5.82 Å². The van der Waals surface area contributed by atoms with Gasteiger partial charge in [0.25, 0.3) is 0 Å². The molecule has 0 saturated heterocycles. The molecule has 1 aromatic rings. The fourth-order valence-corrected chi connectivity index (χ4v) is 2.02. The summed E-state index contributed by atoms with van der Waals surface area (Å²) in [6, 6.07) is 2.93. The van der Waals surface area contributed by atoms with Crippen LogP contribution in [0.15, 0.2) is 12.1 Å². The number of nitrogens with one attached hydrogen (secondary N) is 1. The third kappa shape index (κ3) is 3.47. The number of nitrogens with zero attached hydrogens (tertiary/aromatic N) is 2. The van der Waals surface area contributed by atoms with Crippen LogP contribution in [-0.2, 0) is 10.0 Å². The smallest absolute Gasteiger partial charge is 0.233 e. The molecule has 0 aliphatic heterocycles. The minimum Gasteiger partial charge on any atom is -0.266 e. The van der Waals surface area contributed by atoms with Gasteiger partial charge >= 0.3 is 0 Å². The van der Waals surface area contributed by atoms with E-state index < -0.39 is 10.0 Å².